The van der Waals surface area contributed by atoms with Gasteiger partial charge in [-0.25, -0.2) is 21.9 Å². The predicted octanol–water partition coefficient (Wildman–Crippen LogP) is 1.05. The van der Waals surface area contributed by atoms with E-state index in [9.17, 15) is 22.0 Å². The van der Waals surface area contributed by atoms with E-state index in [0.717, 1.165) is 0 Å². The van der Waals surface area contributed by atoms with E-state index < -0.39 is 16.4 Å². The lowest BCUT2D eigenvalue weighted by molar-refractivity contribution is 0.0696. The first-order valence-electron chi connectivity index (χ1n) is 7.67. The molecule has 0 unspecified atom stereocenters. The van der Waals surface area contributed by atoms with E-state index in [1.165, 1.54) is 31.3 Å². The van der Waals surface area contributed by atoms with Gasteiger partial charge in [-0.05, 0) is 44.2 Å². The first kappa shape index (κ1) is 18.8. The molecule has 2 rings (SSSR count). The highest BCUT2D eigenvalue weighted by Crippen LogP contribution is 2.14. The van der Waals surface area contributed by atoms with Crippen LogP contribution in [-0.4, -0.2) is 58.4 Å². The number of rotatable bonds is 6. The van der Waals surface area contributed by atoms with Crippen LogP contribution in [0.5, 0.6) is 0 Å². The van der Waals surface area contributed by atoms with E-state index in [0.29, 0.717) is 31.5 Å². The number of hydrogen-bond acceptors (Lipinski definition) is 4. The fourth-order valence-corrected chi connectivity index (χ4v) is 3.36. The summed E-state index contributed by atoms with van der Waals surface area (Å²) < 4.78 is 50.1. The first-order valence-corrected chi connectivity index (χ1v) is 9.15. The number of benzene rings is 1. The molecule has 6 nitrogen and oxygen atoms in total. The maximum atomic E-state index is 12.3. The molecule has 0 saturated carbocycles. The Balaban J connectivity index is 1.89. The maximum Gasteiger partial charge on any atom is 0.251 e. The summed E-state index contributed by atoms with van der Waals surface area (Å²) in [5, 5.41) is 2.86. The molecule has 1 aromatic rings. The van der Waals surface area contributed by atoms with E-state index >= 15 is 0 Å². The number of hydrogen-bond donors (Lipinski definition) is 2. The lowest BCUT2D eigenvalue weighted by Gasteiger charge is -2.32. The van der Waals surface area contributed by atoms with Crippen molar-refractivity contribution < 1.29 is 22.0 Å². The van der Waals surface area contributed by atoms with Crippen LogP contribution in [0.2, 0.25) is 0 Å². The molecule has 1 aliphatic rings. The number of alkyl halides is 2. The van der Waals surface area contributed by atoms with Crippen LogP contribution in [0.15, 0.2) is 29.2 Å². The van der Waals surface area contributed by atoms with Gasteiger partial charge in [0.1, 0.15) is 0 Å². The Bertz CT molecular complexity index is 657. The first-order chi connectivity index (χ1) is 11.3. The number of likely N-dealkylation sites (tertiary alicyclic amines) is 1. The highest BCUT2D eigenvalue weighted by Gasteiger charge is 2.23. The molecular formula is C15H21F2N3O3S. The molecule has 2 N–H and O–H groups in total. The summed E-state index contributed by atoms with van der Waals surface area (Å²) in [6.07, 6.45) is -1.11. The molecule has 9 heteroatoms. The Kier molecular flexibility index (Phi) is 6.25. The lowest BCUT2D eigenvalue weighted by atomic mass is 10.0. The molecule has 1 heterocycles. The van der Waals surface area contributed by atoms with Gasteiger partial charge in [0.2, 0.25) is 10.0 Å². The van der Waals surface area contributed by atoms with Crippen LogP contribution in [0.4, 0.5) is 8.78 Å². The third-order valence-corrected chi connectivity index (χ3v) is 5.44. The average Bonchev–Trinajstić information content (AvgIpc) is 2.56. The minimum Gasteiger partial charge on any atom is -0.349 e. The zero-order valence-corrected chi connectivity index (χ0v) is 14.2. The van der Waals surface area contributed by atoms with Crippen molar-refractivity contribution in [2.75, 3.05) is 26.7 Å². The van der Waals surface area contributed by atoms with Crippen molar-refractivity contribution in [3.8, 4) is 0 Å². The van der Waals surface area contributed by atoms with Crippen molar-refractivity contribution >= 4 is 15.9 Å². The molecule has 1 fully saturated rings. The second kappa shape index (κ2) is 8.00. The highest BCUT2D eigenvalue weighted by molar-refractivity contribution is 7.89. The van der Waals surface area contributed by atoms with E-state index in [1.54, 1.807) is 4.90 Å². The van der Waals surface area contributed by atoms with Gasteiger partial charge in [0.05, 0.1) is 11.4 Å². The van der Waals surface area contributed by atoms with Crippen molar-refractivity contribution in [1.82, 2.24) is 14.9 Å². The highest BCUT2D eigenvalue weighted by atomic mass is 32.2. The summed E-state index contributed by atoms with van der Waals surface area (Å²) in [5.74, 6) is -0.296. The summed E-state index contributed by atoms with van der Waals surface area (Å²) in [6.45, 7) is 0.811. The molecule has 0 bridgehead atoms. The number of halogens is 2. The normalized spacial score (nSPS) is 17.2. The van der Waals surface area contributed by atoms with Crippen LogP contribution >= 0.6 is 0 Å². The monoisotopic (exact) mass is 361 g/mol. The number of sulfonamides is 1. The number of carbonyl (C=O) groups excluding carboxylic acids is 1. The van der Waals surface area contributed by atoms with Gasteiger partial charge in [-0.15, -0.1) is 0 Å². The van der Waals surface area contributed by atoms with Crippen molar-refractivity contribution in [2.45, 2.75) is 30.2 Å². The largest absolute Gasteiger partial charge is 0.349 e. The van der Waals surface area contributed by atoms with E-state index in [1.807, 2.05) is 0 Å². The fourth-order valence-electron chi connectivity index (χ4n) is 2.63. The Morgan fingerprint density at radius 2 is 1.83 bits per heavy atom. The molecule has 0 aliphatic carbocycles. The topological polar surface area (TPSA) is 78.5 Å². The minimum atomic E-state index is -3.53. The minimum absolute atomic E-state index is 0.0628. The van der Waals surface area contributed by atoms with Crippen LogP contribution < -0.4 is 10.0 Å². The van der Waals surface area contributed by atoms with Crippen LogP contribution in [0.3, 0.4) is 0 Å². The van der Waals surface area contributed by atoms with Crippen molar-refractivity contribution in [3.05, 3.63) is 29.8 Å². The van der Waals surface area contributed by atoms with Crippen molar-refractivity contribution in [2.24, 2.45) is 0 Å². The standard InChI is InChI=1S/C15H21F2N3O3S/c1-18-24(22,23)13-4-2-11(3-5-13)15(21)19-12-6-8-20(9-7-12)10-14(16)17/h2-5,12,14,18H,6-10H2,1H3,(H,19,21). The Labute approximate surface area is 140 Å². The summed E-state index contributed by atoms with van der Waals surface area (Å²) in [6, 6.07) is 5.57. The molecule has 0 atom stereocenters. The number of carbonyl (C=O) groups is 1. The third-order valence-electron chi connectivity index (χ3n) is 4.01. The maximum absolute atomic E-state index is 12.3. The van der Waals surface area contributed by atoms with Crippen LogP contribution in [0, 0.1) is 0 Å². The number of nitrogens with zero attached hydrogens (tertiary/aromatic N) is 1. The molecule has 1 aliphatic heterocycles. The Morgan fingerprint density at radius 1 is 1.25 bits per heavy atom. The second-order valence-corrected chi connectivity index (χ2v) is 7.56. The van der Waals surface area contributed by atoms with E-state index in [2.05, 4.69) is 10.0 Å². The molecule has 1 amide bonds. The van der Waals surface area contributed by atoms with Crippen molar-refractivity contribution in [3.63, 3.8) is 0 Å². The van der Waals surface area contributed by atoms with Gasteiger partial charge in [0.15, 0.2) is 0 Å². The number of piperidine rings is 1. The SMILES string of the molecule is CNS(=O)(=O)c1ccc(C(=O)NC2CCN(CC(F)F)CC2)cc1. The third kappa shape index (κ3) is 4.96. The van der Waals surface area contributed by atoms with Gasteiger partial charge in [0.25, 0.3) is 12.3 Å². The Hall–Kier alpha value is -1.58. The molecule has 24 heavy (non-hydrogen) atoms. The second-order valence-electron chi connectivity index (χ2n) is 5.67. The Morgan fingerprint density at radius 3 is 2.33 bits per heavy atom. The molecule has 0 spiro atoms. The zero-order chi connectivity index (χ0) is 17.7. The number of amides is 1. The summed E-state index contributed by atoms with van der Waals surface area (Å²) in [7, 11) is -2.22. The summed E-state index contributed by atoms with van der Waals surface area (Å²) in [5.41, 5.74) is 0.361. The lowest BCUT2D eigenvalue weighted by Crippen LogP contribution is -2.45. The zero-order valence-electron chi connectivity index (χ0n) is 13.3. The van der Waals surface area contributed by atoms with E-state index in [4.69, 9.17) is 0 Å². The molecule has 0 aromatic heterocycles. The molecule has 1 aromatic carbocycles. The number of nitrogens with one attached hydrogen (secondary N) is 2. The van der Waals surface area contributed by atoms with Gasteiger partial charge < -0.3 is 5.32 Å². The fraction of sp³-hybridized carbons (Fsp3) is 0.533. The quantitative estimate of drug-likeness (QED) is 0.794. The predicted molar refractivity (Wildman–Crippen MR) is 85.6 cm³/mol. The van der Waals surface area contributed by atoms with Crippen LogP contribution in [0.25, 0.3) is 0 Å². The van der Waals surface area contributed by atoms with Gasteiger partial charge in [-0.1, -0.05) is 0 Å². The molecule has 0 radical (unpaired) electrons. The van der Waals surface area contributed by atoms with Crippen LogP contribution in [0.1, 0.15) is 23.2 Å². The smallest absolute Gasteiger partial charge is 0.251 e. The summed E-state index contributed by atoms with van der Waals surface area (Å²) >= 11 is 0. The average molecular weight is 361 g/mol. The van der Waals surface area contributed by atoms with Gasteiger partial charge in [-0.3, -0.25) is 9.69 Å². The molecular weight excluding hydrogens is 340 g/mol. The van der Waals surface area contributed by atoms with Crippen LogP contribution in [-0.2, 0) is 10.0 Å². The molecule has 1 saturated heterocycles. The summed E-state index contributed by atoms with van der Waals surface area (Å²) in [4.78, 5) is 14.0. The van der Waals surface area contributed by atoms with Gasteiger partial charge in [-0.2, -0.15) is 0 Å². The van der Waals surface area contributed by atoms with Gasteiger partial charge in [0, 0.05) is 24.7 Å². The van der Waals surface area contributed by atoms with Crippen molar-refractivity contribution in [1.29, 1.82) is 0 Å². The van der Waals surface area contributed by atoms with Gasteiger partial charge >= 0.3 is 0 Å². The van der Waals surface area contributed by atoms with E-state index in [-0.39, 0.29) is 23.4 Å². The molecule has 134 valence electrons.